The summed E-state index contributed by atoms with van der Waals surface area (Å²) in [5, 5.41) is 21.5. The first-order valence-corrected chi connectivity index (χ1v) is 5.09. The normalized spacial score (nSPS) is 15.6. The van der Waals surface area contributed by atoms with E-state index in [0.29, 0.717) is 5.56 Å². The van der Waals surface area contributed by atoms with Gasteiger partial charge in [-0.3, -0.25) is 4.79 Å². The first kappa shape index (κ1) is 10.8. The van der Waals surface area contributed by atoms with Gasteiger partial charge >= 0.3 is 0 Å². The Bertz CT molecular complexity index is 416. The molecule has 1 aliphatic heterocycles. The Morgan fingerprint density at radius 1 is 1.38 bits per heavy atom. The van der Waals surface area contributed by atoms with E-state index in [9.17, 15) is 9.90 Å². The first-order valence-electron chi connectivity index (χ1n) is 5.09. The lowest BCUT2D eigenvalue weighted by atomic mass is 10.1. The molecule has 1 aliphatic rings. The van der Waals surface area contributed by atoms with Gasteiger partial charge < -0.3 is 20.4 Å². The monoisotopic (exact) mass is 222 g/mol. The van der Waals surface area contributed by atoms with Crippen LogP contribution < -0.4 is 5.32 Å². The number of phenolic OH excluding ortho intramolecular Hbond substituents is 2. The SMILES string of the molecule is CN(C(=O)c1ccc(O)c(O)c1)C1CNC1. The molecule has 86 valence electrons. The fourth-order valence-corrected chi connectivity index (χ4v) is 1.57. The molecule has 0 bridgehead atoms. The molecule has 0 aromatic heterocycles. The molecule has 1 heterocycles. The van der Waals surface area contributed by atoms with Crippen LogP contribution in [0.15, 0.2) is 18.2 Å². The minimum atomic E-state index is -0.272. The smallest absolute Gasteiger partial charge is 0.254 e. The van der Waals surface area contributed by atoms with Gasteiger partial charge in [0, 0.05) is 25.7 Å². The summed E-state index contributed by atoms with van der Waals surface area (Å²) < 4.78 is 0. The van der Waals surface area contributed by atoms with Gasteiger partial charge in [0.25, 0.3) is 5.91 Å². The molecule has 0 atom stereocenters. The molecule has 0 radical (unpaired) electrons. The molecule has 0 aliphatic carbocycles. The zero-order valence-electron chi connectivity index (χ0n) is 8.97. The maximum absolute atomic E-state index is 11.9. The van der Waals surface area contributed by atoms with E-state index in [1.165, 1.54) is 18.2 Å². The van der Waals surface area contributed by atoms with Crippen molar-refractivity contribution < 1.29 is 15.0 Å². The van der Waals surface area contributed by atoms with Crippen molar-refractivity contribution in [2.24, 2.45) is 0 Å². The summed E-state index contributed by atoms with van der Waals surface area (Å²) in [4.78, 5) is 13.6. The Kier molecular flexibility index (Phi) is 2.70. The van der Waals surface area contributed by atoms with Gasteiger partial charge in [-0.2, -0.15) is 0 Å². The molecule has 1 amide bonds. The summed E-state index contributed by atoms with van der Waals surface area (Å²) in [7, 11) is 1.73. The summed E-state index contributed by atoms with van der Waals surface area (Å²) in [6.45, 7) is 1.60. The van der Waals surface area contributed by atoms with E-state index in [-0.39, 0.29) is 23.4 Å². The van der Waals surface area contributed by atoms with Gasteiger partial charge in [-0.15, -0.1) is 0 Å². The highest BCUT2D eigenvalue weighted by Crippen LogP contribution is 2.25. The number of rotatable bonds is 2. The van der Waals surface area contributed by atoms with Crippen LogP contribution in [0.3, 0.4) is 0 Å². The number of amides is 1. The highest BCUT2D eigenvalue weighted by molar-refractivity contribution is 5.95. The van der Waals surface area contributed by atoms with E-state index in [0.717, 1.165) is 13.1 Å². The minimum Gasteiger partial charge on any atom is -0.504 e. The highest BCUT2D eigenvalue weighted by Gasteiger charge is 2.26. The molecule has 0 saturated carbocycles. The molecule has 5 heteroatoms. The summed E-state index contributed by atoms with van der Waals surface area (Å²) in [5.74, 6) is -0.641. The first-order chi connectivity index (χ1) is 7.59. The van der Waals surface area contributed by atoms with Gasteiger partial charge in [0.15, 0.2) is 11.5 Å². The van der Waals surface area contributed by atoms with Crippen LogP contribution in [0.1, 0.15) is 10.4 Å². The van der Waals surface area contributed by atoms with Gasteiger partial charge in [-0.25, -0.2) is 0 Å². The van der Waals surface area contributed by atoms with Crippen LogP contribution in [0.25, 0.3) is 0 Å². The second-order valence-corrected chi connectivity index (χ2v) is 3.93. The zero-order valence-corrected chi connectivity index (χ0v) is 8.97. The minimum absolute atomic E-state index is 0.151. The second-order valence-electron chi connectivity index (χ2n) is 3.93. The van der Waals surface area contributed by atoms with Crippen molar-refractivity contribution >= 4 is 5.91 Å². The predicted molar refractivity (Wildman–Crippen MR) is 58.5 cm³/mol. The number of aromatic hydroxyl groups is 2. The number of nitrogens with zero attached hydrogens (tertiary/aromatic N) is 1. The molecule has 1 aromatic carbocycles. The van der Waals surface area contributed by atoms with Crippen molar-refractivity contribution in [3.63, 3.8) is 0 Å². The molecule has 1 aromatic rings. The fraction of sp³-hybridized carbons (Fsp3) is 0.364. The van der Waals surface area contributed by atoms with E-state index in [2.05, 4.69) is 5.32 Å². The van der Waals surface area contributed by atoms with Crippen molar-refractivity contribution in [1.82, 2.24) is 10.2 Å². The molecule has 1 saturated heterocycles. The Morgan fingerprint density at radius 3 is 2.56 bits per heavy atom. The number of hydrogen-bond acceptors (Lipinski definition) is 4. The Hall–Kier alpha value is -1.75. The largest absolute Gasteiger partial charge is 0.504 e. The van der Waals surface area contributed by atoms with Crippen molar-refractivity contribution in [3.05, 3.63) is 23.8 Å². The van der Waals surface area contributed by atoms with Crippen LogP contribution in [-0.2, 0) is 0 Å². The number of carbonyl (C=O) groups excluding carboxylic acids is 1. The molecule has 16 heavy (non-hydrogen) atoms. The quantitative estimate of drug-likeness (QED) is 0.622. The molecular formula is C11H14N2O3. The third-order valence-electron chi connectivity index (χ3n) is 2.85. The van der Waals surface area contributed by atoms with Crippen molar-refractivity contribution in [1.29, 1.82) is 0 Å². The van der Waals surface area contributed by atoms with Gasteiger partial charge in [0.1, 0.15) is 0 Å². The standard InChI is InChI=1S/C11H14N2O3/c1-13(8-5-12-6-8)11(16)7-2-3-9(14)10(15)4-7/h2-4,8,12,14-15H,5-6H2,1H3. The molecule has 0 unspecified atom stereocenters. The number of phenols is 2. The Morgan fingerprint density at radius 2 is 2.06 bits per heavy atom. The molecule has 5 nitrogen and oxygen atoms in total. The lowest BCUT2D eigenvalue weighted by Crippen LogP contribution is -2.57. The molecule has 2 rings (SSSR count). The molecule has 3 N–H and O–H groups in total. The fourth-order valence-electron chi connectivity index (χ4n) is 1.57. The maximum atomic E-state index is 11.9. The van der Waals surface area contributed by atoms with E-state index < -0.39 is 0 Å². The lowest BCUT2D eigenvalue weighted by molar-refractivity contribution is 0.0681. The van der Waals surface area contributed by atoms with Gasteiger partial charge in [0.05, 0.1) is 6.04 Å². The second kappa shape index (κ2) is 4.02. The van der Waals surface area contributed by atoms with E-state index in [1.807, 2.05) is 0 Å². The zero-order chi connectivity index (χ0) is 11.7. The third-order valence-corrected chi connectivity index (χ3v) is 2.85. The highest BCUT2D eigenvalue weighted by atomic mass is 16.3. The average Bonchev–Trinajstić information content (AvgIpc) is 2.18. The summed E-state index contributed by atoms with van der Waals surface area (Å²) in [5.41, 5.74) is 0.379. The topological polar surface area (TPSA) is 72.8 Å². The third kappa shape index (κ3) is 1.81. The van der Waals surface area contributed by atoms with Gasteiger partial charge in [-0.1, -0.05) is 0 Å². The Balaban J connectivity index is 2.16. The maximum Gasteiger partial charge on any atom is 0.254 e. The summed E-state index contributed by atoms with van der Waals surface area (Å²) >= 11 is 0. The molecular weight excluding hydrogens is 208 g/mol. The predicted octanol–water partition coefficient (Wildman–Crippen LogP) is 0.142. The van der Waals surface area contributed by atoms with Crippen LogP contribution in [0, 0.1) is 0 Å². The number of nitrogens with one attached hydrogen (secondary N) is 1. The van der Waals surface area contributed by atoms with Crippen LogP contribution in [-0.4, -0.2) is 47.2 Å². The number of carbonyl (C=O) groups is 1. The van der Waals surface area contributed by atoms with Gasteiger partial charge in [0.2, 0.25) is 0 Å². The van der Waals surface area contributed by atoms with Crippen LogP contribution in [0.4, 0.5) is 0 Å². The van der Waals surface area contributed by atoms with Gasteiger partial charge in [-0.05, 0) is 18.2 Å². The van der Waals surface area contributed by atoms with Crippen molar-refractivity contribution in [3.8, 4) is 11.5 Å². The summed E-state index contributed by atoms with van der Waals surface area (Å²) in [6.07, 6.45) is 0. The van der Waals surface area contributed by atoms with Crippen molar-refractivity contribution in [2.45, 2.75) is 6.04 Å². The average molecular weight is 222 g/mol. The van der Waals surface area contributed by atoms with Crippen LogP contribution >= 0.6 is 0 Å². The van der Waals surface area contributed by atoms with Crippen molar-refractivity contribution in [2.75, 3.05) is 20.1 Å². The Labute approximate surface area is 93.3 Å². The molecule has 0 spiro atoms. The van der Waals surface area contributed by atoms with E-state index >= 15 is 0 Å². The van der Waals surface area contributed by atoms with E-state index in [4.69, 9.17) is 5.11 Å². The number of benzene rings is 1. The van der Waals surface area contributed by atoms with Crippen LogP contribution in [0.2, 0.25) is 0 Å². The summed E-state index contributed by atoms with van der Waals surface area (Å²) in [6, 6.07) is 4.30. The lowest BCUT2D eigenvalue weighted by Gasteiger charge is -2.35. The van der Waals surface area contributed by atoms with Crippen LogP contribution in [0.5, 0.6) is 11.5 Å². The van der Waals surface area contributed by atoms with E-state index in [1.54, 1.807) is 11.9 Å². The molecule has 1 fully saturated rings. The number of hydrogen-bond donors (Lipinski definition) is 3. The number of likely N-dealkylation sites (N-methyl/N-ethyl adjacent to an activating group) is 1.